The normalized spacial score (nSPS) is 12.2. The van der Waals surface area contributed by atoms with E-state index in [-0.39, 0.29) is 0 Å². The Hall–Kier alpha value is -5.66. The lowest BCUT2D eigenvalue weighted by molar-refractivity contribution is 1.19. The second kappa shape index (κ2) is 8.44. The molecular weight excluding hydrogens is 518 g/mol. The van der Waals surface area contributed by atoms with Crippen molar-refractivity contribution >= 4 is 54.1 Å². The number of nitrogens with zero attached hydrogens (tertiary/aromatic N) is 1. The highest BCUT2D eigenvalue weighted by Gasteiger charge is 2.22. The smallest absolute Gasteiger partial charge is 0.0625 e. The summed E-state index contributed by atoms with van der Waals surface area (Å²) in [4.78, 5) is 0. The molecule has 0 radical (unpaired) electrons. The van der Waals surface area contributed by atoms with Gasteiger partial charge in [0.05, 0.1) is 11.0 Å². The average molecular weight is 544 g/mol. The van der Waals surface area contributed by atoms with Crippen molar-refractivity contribution in [3.8, 4) is 39.1 Å². The number of fused-ring (bicyclic) bond motifs is 11. The minimum Gasteiger partial charge on any atom is -0.309 e. The van der Waals surface area contributed by atoms with E-state index < -0.39 is 0 Å². The molecule has 0 spiro atoms. The molecule has 1 heterocycles. The van der Waals surface area contributed by atoms with Crippen molar-refractivity contribution in [2.75, 3.05) is 0 Å². The Balaban J connectivity index is 1.28. The number of aromatic nitrogens is 1. The molecule has 0 bridgehead atoms. The predicted molar refractivity (Wildman–Crippen MR) is 183 cm³/mol. The molecule has 0 fully saturated rings. The van der Waals surface area contributed by atoms with Crippen molar-refractivity contribution in [3.63, 3.8) is 0 Å². The summed E-state index contributed by atoms with van der Waals surface area (Å²) in [5.41, 5.74) is 11.5. The Morgan fingerprint density at radius 3 is 1.81 bits per heavy atom. The molecule has 0 atom stereocenters. The molecule has 1 aromatic heterocycles. The van der Waals surface area contributed by atoms with Gasteiger partial charge >= 0.3 is 0 Å². The van der Waals surface area contributed by atoms with Gasteiger partial charge in [0.25, 0.3) is 0 Å². The Morgan fingerprint density at radius 1 is 0.349 bits per heavy atom. The summed E-state index contributed by atoms with van der Waals surface area (Å²) in [5.74, 6) is 0. The zero-order valence-electron chi connectivity index (χ0n) is 23.4. The molecule has 198 valence electrons. The Kier molecular flexibility index (Phi) is 4.51. The maximum atomic E-state index is 2.48. The zero-order chi connectivity index (χ0) is 28.1. The maximum Gasteiger partial charge on any atom is 0.0625 e. The highest BCUT2D eigenvalue weighted by atomic mass is 15.0. The van der Waals surface area contributed by atoms with Crippen molar-refractivity contribution in [1.29, 1.82) is 0 Å². The molecule has 0 unspecified atom stereocenters. The van der Waals surface area contributed by atoms with Crippen LogP contribution < -0.4 is 0 Å². The van der Waals surface area contributed by atoms with E-state index >= 15 is 0 Å². The van der Waals surface area contributed by atoms with Crippen molar-refractivity contribution in [3.05, 3.63) is 152 Å². The predicted octanol–water partition coefficient (Wildman–Crippen LogP) is 11.6. The second-order valence-electron chi connectivity index (χ2n) is 11.7. The molecule has 0 aliphatic heterocycles. The van der Waals surface area contributed by atoms with E-state index in [1.54, 1.807) is 0 Å². The SMILES string of the molecule is c1cc(-c2cc3c4c(cccc4c2)-c2ccccc2-3)cc(-n2c3ccccc3c3c4ccccc4c4ccccc4c32)c1. The summed E-state index contributed by atoms with van der Waals surface area (Å²) < 4.78 is 2.48. The fourth-order valence-corrected chi connectivity index (χ4v) is 7.71. The molecule has 10 rings (SSSR count). The minimum absolute atomic E-state index is 1.18. The van der Waals surface area contributed by atoms with Gasteiger partial charge in [-0.2, -0.15) is 0 Å². The van der Waals surface area contributed by atoms with Crippen LogP contribution in [0.1, 0.15) is 0 Å². The van der Waals surface area contributed by atoms with Crippen LogP contribution >= 0.6 is 0 Å². The van der Waals surface area contributed by atoms with Crippen LogP contribution in [0.4, 0.5) is 0 Å². The molecule has 9 aromatic rings. The van der Waals surface area contributed by atoms with E-state index in [0.717, 1.165) is 0 Å². The van der Waals surface area contributed by atoms with E-state index in [1.807, 2.05) is 0 Å². The molecule has 1 aliphatic carbocycles. The first-order valence-corrected chi connectivity index (χ1v) is 15.0. The molecule has 43 heavy (non-hydrogen) atoms. The van der Waals surface area contributed by atoms with Gasteiger partial charge in [-0.1, -0.05) is 121 Å². The number of para-hydroxylation sites is 1. The van der Waals surface area contributed by atoms with Gasteiger partial charge in [-0.3, -0.25) is 0 Å². The van der Waals surface area contributed by atoms with Gasteiger partial charge < -0.3 is 4.57 Å². The highest BCUT2D eigenvalue weighted by Crippen LogP contribution is 2.49. The Labute approximate surface area is 248 Å². The van der Waals surface area contributed by atoms with Gasteiger partial charge in [-0.15, -0.1) is 0 Å². The first-order chi connectivity index (χ1) is 21.3. The summed E-state index contributed by atoms with van der Waals surface area (Å²) in [6.07, 6.45) is 0. The zero-order valence-corrected chi connectivity index (χ0v) is 23.4. The molecular formula is C42H25N. The van der Waals surface area contributed by atoms with Gasteiger partial charge in [0, 0.05) is 21.8 Å². The third kappa shape index (κ3) is 3.06. The van der Waals surface area contributed by atoms with Crippen LogP contribution in [0.2, 0.25) is 0 Å². The van der Waals surface area contributed by atoms with Gasteiger partial charge in [-0.05, 0) is 90.6 Å². The number of hydrogen-bond acceptors (Lipinski definition) is 0. The van der Waals surface area contributed by atoms with Gasteiger partial charge in [0.2, 0.25) is 0 Å². The standard InChI is InChI=1S/C42H25N/c1-2-17-33-31(15-1)34-21-10-12-27-23-28(25-38(33)40(27)34)26-11-9-13-29(24-26)43-39-22-8-7-20-37(39)41-35-18-5-3-14-30(35)32-16-4-6-19-36(32)42(41)43/h1-25H. The van der Waals surface area contributed by atoms with Crippen molar-refractivity contribution < 1.29 is 0 Å². The van der Waals surface area contributed by atoms with Crippen LogP contribution in [0.3, 0.4) is 0 Å². The molecule has 1 heteroatoms. The second-order valence-corrected chi connectivity index (χ2v) is 11.7. The summed E-state index contributed by atoms with van der Waals surface area (Å²) in [6.45, 7) is 0. The average Bonchev–Trinajstić information content (AvgIpc) is 3.60. The molecule has 0 saturated heterocycles. The van der Waals surface area contributed by atoms with Crippen molar-refractivity contribution in [2.24, 2.45) is 0 Å². The first-order valence-electron chi connectivity index (χ1n) is 15.0. The first kappa shape index (κ1) is 23.0. The molecule has 0 N–H and O–H groups in total. The lowest BCUT2D eigenvalue weighted by atomic mass is 9.95. The Morgan fingerprint density at radius 2 is 0.977 bits per heavy atom. The van der Waals surface area contributed by atoms with E-state index in [2.05, 4.69) is 156 Å². The van der Waals surface area contributed by atoms with Crippen LogP contribution in [-0.2, 0) is 0 Å². The fourth-order valence-electron chi connectivity index (χ4n) is 7.71. The van der Waals surface area contributed by atoms with Crippen LogP contribution in [0.15, 0.2) is 152 Å². The molecule has 1 aliphatic rings. The summed E-state index contributed by atoms with van der Waals surface area (Å²) in [5, 5.41) is 10.4. The van der Waals surface area contributed by atoms with E-state index in [4.69, 9.17) is 0 Å². The van der Waals surface area contributed by atoms with E-state index in [0.29, 0.717) is 0 Å². The molecule has 1 nitrogen and oxygen atoms in total. The topological polar surface area (TPSA) is 4.93 Å². The van der Waals surface area contributed by atoms with E-state index in [9.17, 15) is 0 Å². The summed E-state index contributed by atoms with van der Waals surface area (Å²) >= 11 is 0. The minimum atomic E-state index is 1.18. The largest absolute Gasteiger partial charge is 0.309 e. The summed E-state index contributed by atoms with van der Waals surface area (Å²) in [7, 11) is 0. The number of rotatable bonds is 2. The van der Waals surface area contributed by atoms with Crippen LogP contribution in [0.5, 0.6) is 0 Å². The van der Waals surface area contributed by atoms with Crippen LogP contribution in [0, 0.1) is 0 Å². The van der Waals surface area contributed by atoms with Gasteiger partial charge in [0.1, 0.15) is 0 Å². The van der Waals surface area contributed by atoms with E-state index in [1.165, 1.54) is 93.2 Å². The van der Waals surface area contributed by atoms with Crippen LogP contribution in [-0.4, -0.2) is 4.57 Å². The lowest BCUT2D eigenvalue weighted by Gasteiger charge is -2.14. The van der Waals surface area contributed by atoms with Crippen LogP contribution in [0.25, 0.3) is 93.2 Å². The van der Waals surface area contributed by atoms with Crippen molar-refractivity contribution in [1.82, 2.24) is 4.57 Å². The van der Waals surface area contributed by atoms with Crippen molar-refractivity contribution in [2.45, 2.75) is 0 Å². The maximum absolute atomic E-state index is 2.48. The monoisotopic (exact) mass is 543 g/mol. The fraction of sp³-hybridized carbons (Fsp3) is 0. The highest BCUT2D eigenvalue weighted by molar-refractivity contribution is 6.32. The number of benzene rings is 8. The third-order valence-corrected chi connectivity index (χ3v) is 9.47. The molecule has 0 saturated carbocycles. The lowest BCUT2D eigenvalue weighted by Crippen LogP contribution is -1.95. The van der Waals surface area contributed by atoms with Gasteiger partial charge in [-0.25, -0.2) is 0 Å². The molecule has 8 aromatic carbocycles. The summed E-state index contributed by atoms with van der Waals surface area (Å²) in [6, 6.07) is 55.9. The molecule has 0 amide bonds. The van der Waals surface area contributed by atoms with Gasteiger partial charge in [0.15, 0.2) is 0 Å². The number of hydrogen-bond donors (Lipinski definition) is 0. The third-order valence-electron chi connectivity index (χ3n) is 9.47. The quantitative estimate of drug-likeness (QED) is 0.191. The Bertz CT molecular complexity index is 2620.